The van der Waals surface area contributed by atoms with Crippen LogP contribution in [0.25, 0.3) is 5.65 Å². The van der Waals surface area contributed by atoms with Gasteiger partial charge in [-0.15, -0.1) is 0 Å². The number of alkyl halides is 2. The Morgan fingerprint density at radius 2 is 1.92 bits per heavy atom. The highest BCUT2D eigenvalue weighted by Gasteiger charge is 2.36. The Kier molecular flexibility index (Phi) is 3.51. The summed E-state index contributed by atoms with van der Waals surface area (Å²) in [6, 6.07) is 0.824. The summed E-state index contributed by atoms with van der Waals surface area (Å²) < 4.78 is 42.0. The Balaban J connectivity index is 1.80. The molecule has 0 saturated carbocycles. The van der Waals surface area contributed by atoms with E-state index in [9.17, 15) is 22.8 Å². The monoisotopic (exact) mass is 354 g/mol. The smallest absolute Gasteiger partial charge is 0.321 e. The van der Waals surface area contributed by atoms with E-state index in [1.54, 1.807) is 0 Å². The molecule has 11 heteroatoms. The van der Waals surface area contributed by atoms with Crippen LogP contribution >= 0.6 is 0 Å². The summed E-state index contributed by atoms with van der Waals surface area (Å²) in [7, 11) is 0. The van der Waals surface area contributed by atoms with Gasteiger partial charge in [0.25, 0.3) is 0 Å². The number of amides is 3. The van der Waals surface area contributed by atoms with Gasteiger partial charge in [0.2, 0.25) is 11.9 Å². The van der Waals surface area contributed by atoms with Crippen LogP contribution in [0.1, 0.15) is 11.6 Å². The second kappa shape index (κ2) is 5.60. The van der Waals surface area contributed by atoms with Gasteiger partial charge in [-0.25, -0.2) is 18.6 Å². The molecule has 2 aliphatic rings. The van der Waals surface area contributed by atoms with Crippen molar-refractivity contribution < 1.29 is 22.8 Å². The van der Waals surface area contributed by atoms with Crippen LogP contribution in [-0.4, -0.2) is 58.5 Å². The molecule has 0 spiro atoms. The van der Waals surface area contributed by atoms with Gasteiger partial charge in [-0.05, 0) is 6.07 Å². The van der Waals surface area contributed by atoms with E-state index in [4.69, 9.17) is 0 Å². The first-order valence-corrected chi connectivity index (χ1v) is 7.60. The fourth-order valence-electron chi connectivity index (χ4n) is 3.04. The molecule has 2 N–H and O–H groups in total. The lowest BCUT2D eigenvalue weighted by atomic mass is 10.0. The van der Waals surface area contributed by atoms with E-state index in [1.165, 1.54) is 11.0 Å². The first-order valence-electron chi connectivity index (χ1n) is 7.60. The van der Waals surface area contributed by atoms with Crippen LogP contribution in [0.5, 0.6) is 0 Å². The molecule has 2 aromatic rings. The molecule has 1 unspecified atom stereocenters. The summed E-state index contributed by atoms with van der Waals surface area (Å²) >= 11 is 0. The number of carbonyl (C=O) groups excluding carboxylic acids is 2. The van der Waals surface area contributed by atoms with Gasteiger partial charge in [-0.2, -0.15) is 14.0 Å². The maximum Gasteiger partial charge on any atom is 0.321 e. The Morgan fingerprint density at radius 1 is 1.20 bits per heavy atom. The minimum absolute atomic E-state index is 0.0175. The van der Waals surface area contributed by atoms with Gasteiger partial charge in [-0.1, -0.05) is 0 Å². The second-order valence-corrected chi connectivity index (χ2v) is 5.96. The number of imide groups is 1. The molecule has 2 saturated heterocycles. The molecule has 3 amide bonds. The first-order chi connectivity index (χ1) is 11.9. The molecule has 3 atom stereocenters. The minimum Gasteiger partial charge on any atom is -0.362 e. The Bertz CT molecular complexity index is 862. The average molecular weight is 354 g/mol. The fraction of sp³-hybridized carbons (Fsp3) is 0.429. The molecule has 2 aromatic heterocycles. The number of carbonyl (C=O) groups is 2. The first kappa shape index (κ1) is 15.7. The second-order valence-electron chi connectivity index (χ2n) is 5.96. The summed E-state index contributed by atoms with van der Waals surface area (Å²) in [6.45, 7) is -0.429. The van der Waals surface area contributed by atoms with Crippen LogP contribution in [0.3, 0.4) is 0 Å². The van der Waals surface area contributed by atoms with Crippen LogP contribution in [0.2, 0.25) is 0 Å². The number of fused-ring (bicyclic) bond motifs is 1. The average Bonchev–Trinajstić information content (AvgIpc) is 3.10. The maximum absolute atomic E-state index is 14.0. The molecule has 0 aromatic carbocycles. The van der Waals surface area contributed by atoms with Crippen LogP contribution in [0.4, 0.5) is 23.7 Å². The van der Waals surface area contributed by atoms with Gasteiger partial charge in [0.1, 0.15) is 0 Å². The van der Waals surface area contributed by atoms with Gasteiger partial charge in [0, 0.05) is 6.54 Å². The number of nitrogens with zero attached hydrogens (tertiary/aromatic N) is 4. The van der Waals surface area contributed by atoms with E-state index in [0.717, 1.165) is 10.7 Å². The summed E-state index contributed by atoms with van der Waals surface area (Å²) in [5.41, 5.74) is 0.541. The molecular formula is C14H13F3N6O2. The Labute approximate surface area is 139 Å². The number of aromatic nitrogens is 3. The van der Waals surface area contributed by atoms with Gasteiger partial charge < -0.3 is 10.2 Å². The van der Waals surface area contributed by atoms with E-state index >= 15 is 0 Å². The summed E-state index contributed by atoms with van der Waals surface area (Å²) in [6.07, 6.45) is -2.38. The van der Waals surface area contributed by atoms with Gasteiger partial charge in [0.15, 0.2) is 18.0 Å². The highest BCUT2D eigenvalue weighted by molar-refractivity contribution is 6.00. The van der Waals surface area contributed by atoms with E-state index < -0.39 is 36.1 Å². The molecule has 132 valence electrons. The highest BCUT2D eigenvalue weighted by atomic mass is 19.2. The lowest BCUT2D eigenvalue weighted by molar-refractivity contribution is -0.122. The molecule has 25 heavy (non-hydrogen) atoms. The van der Waals surface area contributed by atoms with Crippen molar-refractivity contribution in [2.45, 2.75) is 18.3 Å². The van der Waals surface area contributed by atoms with Gasteiger partial charge in [-0.3, -0.25) is 10.1 Å². The Morgan fingerprint density at radius 3 is 2.60 bits per heavy atom. The van der Waals surface area contributed by atoms with Crippen LogP contribution in [0.15, 0.2) is 12.3 Å². The van der Waals surface area contributed by atoms with E-state index in [0.29, 0.717) is 0 Å². The number of anilines is 1. The third kappa shape index (κ3) is 2.55. The quantitative estimate of drug-likeness (QED) is 0.809. The zero-order valence-corrected chi connectivity index (χ0v) is 12.7. The van der Waals surface area contributed by atoms with E-state index in [2.05, 4.69) is 20.7 Å². The van der Waals surface area contributed by atoms with Crippen molar-refractivity contribution in [1.82, 2.24) is 25.2 Å². The summed E-state index contributed by atoms with van der Waals surface area (Å²) in [5.74, 6) is -2.21. The van der Waals surface area contributed by atoms with Crippen molar-refractivity contribution in [3.63, 3.8) is 0 Å². The van der Waals surface area contributed by atoms with Gasteiger partial charge >= 0.3 is 6.03 Å². The Hall–Kier alpha value is -2.85. The zero-order valence-electron chi connectivity index (χ0n) is 12.7. The standard InChI is InChI=1S/C14H13F3N6O2/c15-7-4-22(5-8(7)16)10-1-9(6-2-19-14(25)20-13(6)24)21-23-11(17)3-18-12(10)23/h1,3,6-8H,2,4-5H2,(H2,19,20,24,25)/t6?,7-,8+. The largest absolute Gasteiger partial charge is 0.362 e. The van der Waals surface area contributed by atoms with Crippen molar-refractivity contribution in [1.29, 1.82) is 0 Å². The lowest BCUT2D eigenvalue weighted by Gasteiger charge is -2.24. The SMILES string of the molecule is O=C1NCC(c2cc(N3C[C@@H](F)[C@@H](F)C3)c3ncc(F)n3n2)C(=O)N1. The highest BCUT2D eigenvalue weighted by Crippen LogP contribution is 2.30. The van der Waals surface area contributed by atoms with Crippen molar-refractivity contribution >= 4 is 23.3 Å². The number of hydrogen-bond acceptors (Lipinski definition) is 5. The normalized spacial score (nSPS) is 26.8. The number of halogens is 3. The van der Waals surface area contributed by atoms with Crippen molar-refractivity contribution in [3.05, 3.63) is 23.9 Å². The molecule has 2 aliphatic heterocycles. The van der Waals surface area contributed by atoms with Crippen LogP contribution in [0, 0.1) is 5.95 Å². The third-order valence-electron chi connectivity index (χ3n) is 4.33. The molecule has 2 fully saturated rings. The summed E-state index contributed by atoms with van der Waals surface area (Å²) in [4.78, 5) is 28.5. The molecular weight excluding hydrogens is 341 g/mol. The molecule has 8 nitrogen and oxygen atoms in total. The predicted octanol–water partition coefficient (Wildman–Crippen LogP) is 0.288. The van der Waals surface area contributed by atoms with Crippen LogP contribution < -0.4 is 15.5 Å². The lowest BCUT2D eigenvalue weighted by Crippen LogP contribution is -2.51. The molecule has 0 aliphatic carbocycles. The number of imidazole rings is 1. The van der Waals surface area contributed by atoms with Crippen LogP contribution in [-0.2, 0) is 4.79 Å². The number of nitrogens with one attached hydrogen (secondary N) is 2. The summed E-state index contributed by atoms with van der Waals surface area (Å²) in [5, 5.41) is 8.62. The van der Waals surface area contributed by atoms with Crippen molar-refractivity contribution in [2.75, 3.05) is 24.5 Å². The maximum atomic E-state index is 14.0. The molecule has 4 heterocycles. The minimum atomic E-state index is -1.66. The molecule has 0 bridgehead atoms. The number of rotatable bonds is 2. The van der Waals surface area contributed by atoms with Gasteiger partial charge in [0.05, 0.1) is 36.6 Å². The van der Waals surface area contributed by atoms with Crippen molar-refractivity contribution in [3.8, 4) is 0 Å². The van der Waals surface area contributed by atoms with E-state index in [-0.39, 0.29) is 36.7 Å². The number of hydrogen-bond donors (Lipinski definition) is 2. The topological polar surface area (TPSA) is 91.6 Å². The fourth-order valence-corrected chi connectivity index (χ4v) is 3.04. The number of urea groups is 1. The predicted molar refractivity (Wildman–Crippen MR) is 79.2 cm³/mol. The third-order valence-corrected chi connectivity index (χ3v) is 4.33. The van der Waals surface area contributed by atoms with E-state index in [1.807, 2.05) is 0 Å². The zero-order chi connectivity index (χ0) is 17.7. The molecule has 4 rings (SSSR count). The van der Waals surface area contributed by atoms with Crippen molar-refractivity contribution in [2.24, 2.45) is 0 Å². The molecule has 0 radical (unpaired) electrons.